The Hall–Kier alpha value is -1.61. The highest BCUT2D eigenvalue weighted by molar-refractivity contribution is 7.88. The SMILES string of the molecule is CN=C(NCCNS(C)(=O)=O)NC1CCc2cn(C(C)C)nc2C1. The van der Waals surface area contributed by atoms with Crippen LogP contribution in [0.15, 0.2) is 11.2 Å². The van der Waals surface area contributed by atoms with Crippen LogP contribution in [-0.2, 0) is 22.9 Å². The van der Waals surface area contributed by atoms with Gasteiger partial charge in [0.25, 0.3) is 0 Å². The Morgan fingerprint density at radius 1 is 1.46 bits per heavy atom. The molecule has 0 fully saturated rings. The van der Waals surface area contributed by atoms with Crippen LogP contribution in [0.1, 0.15) is 37.6 Å². The molecule has 1 aromatic rings. The van der Waals surface area contributed by atoms with Crippen LogP contribution in [0.2, 0.25) is 0 Å². The third-order valence-electron chi connectivity index (χ3n) is 3.97. The van der Waals surface area contributed by atoms with E-state index >= 15 is 0 Å². The van der Waals surface area contributed by atoms with Crippen LogP contribution in [0.4, 0.5) is 0 Å². The highest BCUT2D eigenvalue weighted by atomic mass is 32.2. The summed E-state index contributed by atoms with van der Waals surface area (Å²) in [5.41, 5.74) is 2.49. The fraction of sp³-hybridized carbons (Fsp3) is 0.733. The summed E-state index contributed by atoms with van der Waals surface area (Å²) in [7, 11) is -1.45. The zero-order valence-electron chi connectivity index (χ0n) is 14.8. The first kappa shape index (κ1) is 18.7. The minimum Gasteiger partial charge on any atom is -0.355 e. The molecule has 0 aliphatic heterocycles. The molecule has 0 saturated heterocycles. The van der Waals surface area contributed by atoms with E-state index in [-0.39, 0.29) is 6.04 Å². The summed E-state index contributed by atoms with van der Waals surface area (Å²) in [4.78, 5) is 4.20. The zero-order chi connectivity index (χ0) is 17.7. The molecule has 1 aromatic heterocycles. The minimum atomic E-state index is -3.16. The summed E-state index contributed by atoms with van der Waals surface area (Å²) in [6, 6.07) is 0.654. The van der Waals surface area contributed by atoms with Crippen LogP contribution in [0, 0.1) is 0 Å². The molecule has 0 amide bonds. The smallest absolute Gasteiger partial charge is 0.208 e. The number of rotatable bonds is 6. The van der Waals surface area contributed by atoms with Crippen molar-refractivity contribution in [3.63, 3.8) is 0 Å². The number of nitrogens with zero attached hydrogens (tertiary/aromatic N) is 3. The Balaban J connectivity index is 1.84. The molecule has 1 unspecified atom stereocenters. The predicted octanol–water partition coefficient (Wildman–Crippen LogP) is 0.0355. The molecular weight excluding hydrogens is 328 g/mol. The van der Waals surface area contributed by atoms with Gasteiger partial charge in [0.15, 0.2) is 5.96 Å². The lowest BCUT2D eigenvalue weighted by atomic mass is 9.94. The predicted molar refractivity (Wildman–Crippen MR) is 95.8 cm³/mol. The molecule has 1 aliphatic carbocycles. The Morgan fingerprint density at radius 2 is 2.21 bits per heavy atom. The third kappa shape index (κ3) is 5.48. The number of sulfonamides is 1. The van der Waals surface area contributed by atoms with Crippen molar-refractivity contribution in [2.24, 2.45) is 4.99 Å². The molecule has 0 radical (unpaired) electrons. The molecule has 0 aromatic carbocycles. The van der Waals surface area contributed by atoms with E-state index in [4.69, 9.17) is 0 Å². The number of aromatic nitrogens is 2. The van der Waals surface area contributed by atoms with Crippen molar-refractivity contribution in [2.75, 3.05) is 26.4 Å². The molecule has 1 atom stereocenters. The maximum Gasteiger partial charge on any atom is 0.208 e. The standard InChI is InChI=1S/C15H28N6O2S/c1-11(2)21-10-12-5-6-13(9-14(12)20-21)19-15(16-3)17-7-8-18-24(4,22)23/h10-11,13,18H,5-9H2,1-4H3,(H2,16,17,19). The van der Waals surface area contributed by atoms with Gasteiger partial charge in [-0.3, -0.25) is 9.67 Å². The monoisotopic (exact) mass is 356 g/mol. The third-order valence-corrected chi connectivity index (χ3v) is 4.70. The Kier molecular flexibility index (Phi) is 6.22. The van der Waals surface area contributed by atoms with Crippen LogP contribution >= 0.6 is 0 Å². The largest absolute Gasteiger partial charge is 0.355 e. The second-order valence-electron chi connectivity index (χ2n) is 6.42. The zero-order valence-corrected chi connectivity index (χ0v) is 15.7. The molecule has 9 heteroatoms. The van der Waals surface area contributed by atoms with Gasteiger partial charge >= 0.3 is 0 Å². The number of fused-ring (bicyclic) bond motifs is 1. The molecule has 1 aliphatic rings. The number of guanidine groups is 1. The van der Waals surface area contributed by atoms with Gasteiger partial charge in [0, 0.05) is 44.8 Å². The summed E-state index contributed by atoms with van der Waals surface area (Å²) >= 11 is 0. The molecule has 136 valence electrons. The van der Waals surface area contributed by atoms with Gasteiger partial charge in [-0.1, -0.05) is 0 Å². The molecule has 3 N–H and O–H groups in total. The number of hydrogen-bond donors (Lipinski definition) is 3. The topological polar surface area (TPSA) is 100 Å². The molecule has 24 heavy (non-hydrogen) atoms. The summed E-state index contributed by atoms with van der Waals surface area (Å²) in [6.07, 6.45) is 6.21. The van der Waals surface area contributed by atoms with E-state index in [2.05, 4.69) is 45.5 Å². The van der Waals surface area contributed by atoms with E-state index in [1.807, 2.05) is 4.68 Å². The summed E-state index contributed by atoms with van der Waals surface area (Å²) in [5, 5.41) is 11.2. The van der Waals surface area contributed by atoms with Gasteiger partial charge in [0.05, 0.1) is 11.9 Å². The second-order valence-corrected chi connectivity index (χ2v) is 8.26. The quantitative estimate of drug-likeness (QED) is 0.379. The highest BCUT2D eigenvalue weighted by Crippen LogP contribution is 2.21. The molecule has 0 bridgehead atoms. The van der Waals surface area contributed by atoms with E-state index in [0.717, 1.165) is 31.2 Å². The first-order chi connectivity index (χ1) is 11.3. The lowest BCUT2D eigenvalue weighted by molar-refractivity contribution is 0.499. The van der Waals surface area contributed by atoms with Gasteiger partial charge in [-0.15, -0.1) is 0 Å². The molecule has 0 spiro atoms. The van der Waals surface area contributed by atoms with Gasteiger partial charge in [0.2, 0.25) is 10.0 Å². The van der Waals surface area contributed by atoms with Crippen molar-refractivity contribution in [3.8, 4) is 0 Å². The lowest BCUT2D eigenvalue weighted by Crippen LogP contribution is -2.47. The van der Waals surface area contributed by atoms with Crippen LogP contribution in [0.3, 0.4) is 0 Å². The van der Waals surface area contributed by atoms with Crippen molar-refractivity contribution in [2.45, 2.75) is 45.2 Å². The average Bonchev–Trinajstić information content (AvgIpc) is 2.92. The average molecular weight is 356 g/mol. The summed E-state index contributed by atoms with van der Waals surface area (Å²) in [5.74, 6) is 0.682. The number of aryl methyl sites for hydroxylation is 1. The van der Waals surface area contributed by atoms with Gasteiger partial charge in [0.1, 0.15) is 0 Å². The van der Waals surface area contributed by atoms with E-state index in [0.29, 0.717) is 25.1 Å². The van der Waals surface area contributed by atoms with Gasteiger partial charge < -0.3 is 10.6 Å². The van der Waals surface area contributed by atoms with E-state index in [1.165, 1.54) is 5.56 Å². The van der Waals surface area contributed by atoms with Crippen molar-refractivity contribution in [1.29, 1.82) is 0 Å². The molecule has 0 saturated carbocycles. The minimum absolute atomic E-state index is 0.280. The van der Waals surface area contributed by atoms with Crippen LogP contribution in [0.5, 0.6) is 0 Å². The fourth-order valence-electron chi connectivity index (χ4n) is 2.71. The Labute approximate surface area is 144 Å². The Bertz CT molecular complexity index is 680. The first-order valence-corrected chi connectivity index (χ1v) is 10.2. The van der Waals surface area contributed by atoms with E-state index in [1.54, 1.807) is 7.05 Å². The van der Waals surface area contributed by atoms with Crippen LogP contribution < -0.4 is 15.4 Å². The van der Waals surface area contributed by atoms with Crippen molar-refractivity contribution < 1.29 is 8.42 Å². The van der Waals surface area contributed by atoms with Gasteiger partial charge in [-0.2, -0.15) is 5.10 Å². The van der Waals surface area contributed by atoms with Crippen LogP contribution in [0.25, 0.3) is 0 Å². The maximum absolute atomic E-state index is 11.0. The lowest BCUT2D eigenvalue weighted by Gasteiger charge is -2.24. The van der Waals surface area contributed by atoms with Crippen molar-refractivity contribution in [3.05, 3.63) is 17.5 Å². The first-order valence-electron chi connectivity index (χ1n) is 8.27. The highest BCUT2D eigenvalue weighted by Gasteiger charge is 2.22. The van der Waals surface area contributed by atoms with Crippen molar-refractivity contribution in [1.82, 2.24) is 25.1 Å². The molecule has 1 heterocycles. The Morgan fingerprint density at radius 3 is 2.83 bits per heavy atom. The van der Waals surface area contributed by atoms with E-state index in [9.17, 15) is 8.42 Å². The van der Waals surface area contributed by atoms with Gasteiger partial charge in [-0.25, -0.2) is 13.1 Å². The van der Waals surface area contributed by atoms with Gasteiger partial charge in [-0.05, 0) is 32.3 Å². The number of aliphatic imine (C=N–C) groups is 1. The summed E-state index contributed by atoms with van der Waals surface area (Å²) < 4.78 is 26.5. The number of hydrogen-bond acceptors (Lipinski definition) is 4. The normalized spacial score (nSPS) is 18.5. The summed E-state index contributed by atoms with van der Waals surface area (Å²) in [6.45, 7) is 5.06. The van der Waals surface area contributed by atoms with Crippen molar-refractivity contribution >= 4 is 16.0 Å². The van der Waals surface area contributed by atoms with Crippen LogP contribution in [-0.4, -0.2) is 56.6 Å². The molecular formula is C15H28N6O2S. The maximum atomic E-state index is 11.0. The second kappa shape index (κ2) is 7.98. The van der Waals surface area contributed by atoms with E-state index < -0.39 is 10.0 Å². The number of nitrogens with one attached hydrogen (secondary N) is 3. The molecule has 2 rings (SSSR count). The fourth-order valence-corrected chi connectivity index (χ4v) is 3.18. The molecule has 8 nitrogen and oxygen atoms in total.